The molecule has 1 aliphatic rings. The number of benzene rings is 1. The molecule has 1 aromatic rings. The monoisotopic (exact) mass is 552 g/mol. The maximum atomic E-state index is 13.8. The van der Waals surface area contributed by atoms with Gasteiger partial charge in [0.1, 0.15) is 11.9 Å². The van der Waals surface area contributed by atoms with Gasteiger partial charge in [0.25, 0.3) is 0 Å². The highest BCUT2D eigenvalue weighted by Crippen LogP contribution is 2.29. The summed E-state index contributed by atoms with van der Waals surface area (Å²) in [4.78, 5) is 41.0. The first-order valence-corrected chi connectivity index (χ1v) is 12.8. The number of nitrogens with zero attached hydrogens (tertiary/aromatic N) is 2. The lowest BCUT2D eigenvalue weighted by Gasteiger charge is -2.38. The number of anilines is 1. The summed E-state index contributed by atoms with van der Waals surface area (Å²) in [6.07, 6.45) is -3.15. The summed E-state index contributed by atoms with van der Waals surface area (Å²) in [6, 6.07) is 6.11. The molecule has 0 bridgehead atoms. The fourth-order valence-electron chi connectivity index (χ4n) is 4.24. The first-order chi connectivity index (χ1) is 18.1. The number of alkyl halides is 3. The van der Waals surface area contributed by atoms with Crippen LogP contribution in [0, 0.1) is 10.8 Å². The smallest absolute Gasteiger partial charge is 0.342 e. The van der Waals surface area contributed by atoms with Crippen LogP contribution in [0.2, 0.25) is 0 Å². The number of carbonyl (C=O) groups excluding carboxylic acids is 3. The topological polar surface area (TPSA) is 118 Å². The molecule has 1 heterocycles. The number of amides is 3. The molecule has 1 aromatic carbocycles. The van der Waals surface area contributed by atoms with Crippen LogP contribution in [-0.2, 0) is 14.4 Å². The van der Waals surface area contributed by atoms with E-state index in [0.717, 1.165) is 6.08 Å². The van der Waals surface area contributed by atoms with Gasteiger partial charge in [-0.25, -0.2) is 0 Å². The average molecular weight is 553 g/mol. The second kappa shape index (κ2) is 13.1. The molecule has 0 spiro atoms. The number of nitrogens with one attached hydrogen (secondary N) is 4. The Morgan fingerprint density at radius 1 is 1.18 bits per heavy atom. The second-order valence-electron chi connectivity index (χ2n) is 10.8. The van der Waals surface area contributed by atoms with E-state index in [1.54, 1.807) is 65.1 Å². The minimum absolute atomic E-state index is 0.0677. The van der Waals surface area contributed by atoms with Crippen molar-refractivity contribution in [2.24, 2.45) is 5.41 Å². The number of allylic oxidation sites excluding steroid dienone is 1. The summed E-state index contributed by atoms with van der Waals surface area (Å²) in [7, 11) is 1.62. The van der Waals surface area contributed by atoms with Crippen molar-refractivity contribution in [1.82, 2.24) is 20.4 Å². The van der Waals surface area contributed by atoms with Crippen LogP contribution >= 0.6 is 0 Å². The molecule has 0 saturated carbocycles. The molecule has 1 aliphatic heterocycles. The number of rotatable bonds is 10. The molecule has 9 nitrogen and oxygen atoms in total. The van der Waals surface area contributed by atoms with E-state index in [0.29, 0.717) is 23.4 Å². The molecule has 3 amide bonds. The Morgan fingerprint density at radius 3 is 2.31 bits per heavy atom. The van der Waals surface area contributed by atoms with Crippen LogP contribution < -0.4 is 16.0 Å². The van der Waals surface area contributed by atoms with Gasteiger partial charge < -0.3 is 26.3 Å². The maximum Gasteiger partial charge on any atom is 0.471 e. The minimum atomic E-state index is -5.19. The molecule has 216 valence electrons. The third-order valence-corrected chi connectivity index (χ3v) is 6.46. The van der Waals surface area contributed by atoms with Gasteiger partial charge in [-0.2, -0.15) is 13.2 Å². The summed E-state index contributed by atoms with van der Waals surface area (Å²) in [6.45, 7) is 8.25. The number of halogens is 3. The number of likely N-dealkylation sites (N-methyl/N-ethyl adjacent to an activating group) is 1. The number of para-hydroxylation sites is 1. The van der Waals surface area contributed by atoms with Crippen molar-refractivity contribution in [1.29, 1.82) is 5.41 Å². The zero-order valence-corrected chi connectivity index (χ0v) is 23.3. The van der Waals surface area contributed by atoms with Crippen LogP contribution in [0.4, 0.5) is 18.9 Å². The summed E-state index contributed by atoms with van der Waals surface area (Å²) in [5.74, 6) is -3.14. The van der Waals surface area contributed by atoms with Crippen LogP contribution in [0.5, 0.6) is 0 Å². The summed E-state index contributed by atoms with van der Waals surface area (Å²) < 4.78 is 41.3. The maximum absolute atomic E-state index is 13.8. The summed E-state index contributed by atoms with van der Waals surface area (Å²) in [5.41, 5.74) is -0.327. The number of likely N-dealkylation sites (tertiary alicyclic amines) is 1. The molecular formula is C27H39F3N6O3. The van der Waals surface area contributed by atoms with Gasteiger partial charge in [0.2, 0.25) is 11.8 Å². The highest BCUT2D eigenvalue weighted by Gasteiger charge is 2.46. The van der Waals surface area contributed by atoms with Gasteiger partial charge >= 0.3 is 12.1 Å². The van der Waals surface area contributed by atoms with E-state index in [1.165, 1.54) is 11.8 Å². The molecule has 12 heteroatoms. The fourth-order valence-corrected chi connectivity index (χ4v) is 4.24. The molecule has 4 N–H and O–H groups in total. The Kier molecular flexibility index (Phi) is 10.7. The average Bonchev–Trinajstić information content (AvgIpc) is 3.31. The third-order valence-electron chi connectivity index (χ3n) is 6.46. The van der Waals surface area contributed by atoms with Crippen LogP contribution in [0.25, 0.3) is 0 Å². The van der Waals surface area contributed by atoms with Gasteiger partial charge in [0.05, 0.1) is 6.04 Å². The number of hydrogen-bond donors (Lipinski definition) is 4. The van der Waals surface area contributed by atoms with Gasteiger partial charge in [0, 0.05) is 30.5 Å². The first-order valence-electron chi connectivity index (χ1n) is 12.8. The Bertz CT molecular complexity index is 1070. The minimum Gasteiger partial charge on any atom is -0.342 e. The fraction of sp³-hybridized carbons (Fsp3) is 0.556. The Labute approximate surface area is 227 Å². The zero-order chi connectivity index (χ0) is 29.5. The van der Waals surface area contributed by atoms with Gasteiger partial charge in [-0.3, -0.25) is 19.3 Å². The van der Waals surface area contributed by atoms with Crippen molar-refractivity contribution in [2.45, 2.75) is 71.8 Å². The van der Waals surface area contributed by atoms with E-state index in [4.69, 9.17) is 5.41 Å². The van der Waals surface area contributed by atoms with Crippen molar-refractivity contribution < 1.29 is 27.6 Å². The van der Waals surface area contributed by atoms with E-state index < -0.39 is 48.1 Å². The Hall–Kier alpha value is -3.41. The van der Waals surface area contributed by atoms with E-state index in [1.807, 2.05) is 0 Å². The van der Waals surface area contributed by atoms with Crippen LogP contribution in [0.1, 0.15) is 47.5 Å². The van der Waals surface area contributed by atoms with Gasteiger partial charge in [-0.05, 0) is 57.4 Å². The zero-order valence-electron chi connectivity index (χ0n) is 23.3. The van der Waals surface area contributed by atoms with E-state index >= 15 is 0 Å². The molecule has 0 aliphatic carbocycles. The molecule has 39 heavy (non-hydrogen) atoms. The predicted octanol–water partition coefficient (Wildman–Crippen LogP) is 3.50. The van der Waals surface area contributed by atoms with Crippen molar-refractivity contribution in [3.8, 4) is 0 Å². The molecule has 0 radical (unpaired) electrons. The SMILES string of the molecule is CN[C@@H](C)C(=O)N[C@H](C(=O)N1CCC[C@H]1CN(C(=O)C(F)(F)F)/C(=C/C(C)=N)Nc1ccccc1)C(C)(C)C. The number of carbonyl (C=O) groups is 3. The molecule has 3 atom stereocenters. The Balaban J connectivity index is 2.43. The lowest BCUT2D eigenvalue weighted by molar-refractivity contribution is -0.184. The molecule has 0 unspecified atom stereocenters. The largest absolute Gasteiger partial charge is 0.471 e. The molecule has 1 fully saturated rings. The van der Waals surface area contributed by atoms with Crippen LogP contribution in [0.3, 0.4) is 0 Å². The van der Waals surface area contributed by atoms with Crippen LogP contribution in [0.15, 0.2) is 42.2 Å². The quantitative estimate of drug-likeness (QED) is 0.332. The predicted molar refractivity (Wildman–Crippen MR) is 144 cm³/mol. The van der Waals surface area contributed by atoms with Gasteiger partial charge in [-0.1, -0.05) is 39.0 Å². The highest BCUT2D eigenvalue weighted by atomic mass is 19.4. The van der Waals surface area contributed by atoms with Gasteiger partial charge in [0.15, 0.2) is 0 Å². The van der Waals surface area contributed by atoms with Crippen molar-refractivity contribution in [3.63, 3.8) is 0 Å². The molecule has 0 aromatic heterocycles. The first kappa shape index (κ1) is 31.8. The van der Waals surface area contributed by atoms with Crippen molar-refractivity contribution >= 4 is 29.1 Å². The van der Waals surface area contributed by atoms with E-state index in [-0.39, 0.29) is 24.0 Å². The third kappa shape index (κ3) is 8.81. The number of hydrogen-bond acceptors (Lipinski definition) is 6. The summed E-state index contributed by atoms with van der Waals surface area (Å²) >= 11 is 0. The summed E-state index contributed by atoms with van der Waals surface area (Å²) in [5, 5.41) is 16.3. The highest BCUT2D eigenvalue weighted by molar-refractivity contribution is 5.93. The van der Waals surface area contributed by atoms with E-state index in [2.05, 4.69) is 16.0 Å². The van der Waals surface area contributed by atoms with Crippen molar-refractivity contribution in [2.75, 3.05) is 25.5 Å². The molecular weight excluding hydrogens is 513 g/mol. The van der Waals surface area contributed by atoms with Gasteiger partial charge in [-0.15, -0.1) is 0 Å². The normalized spacial score (nSPS) is 17.8. The molecule has 2 rings (SSSR count). The lowest BCUT2D eigenvalue weighted by atomic mass is 9.85. The van der Waals surface area contributed by atoms with Crippen molar-refractivity contribution in [3.05, 3.63) is 42.2 Å². The molecule has 1 saturated heterocycles. The lowest BCUT2D eigenvalue weighted by Crippen LogP contribution is -2.59. The second-order valence-corrected chi connectivity index (χ2v) is 10.8. The van der Waals surface area contributed by atoms with E-state index in [9.17, 15) is 27.6 Å². The standard InChI is InChI=1S/C27H39F3N6O3/c1-17(31)15-21(33-19-11-8-7-9-12-19)36(25(39)27(28,29)30)16-20-13-10-14-35(20)24(38)22(26(3,4)5)34-23(37)18(2)32-6/h7-9,11-12,15,18,20,22,31-33H,10,13-14,16H2,1-6H3,(H,34,37)/b21-15+,31-17?/t18-,20-,22+/m0/s1. The Morgan fingerprint density at radius 2 is 1.79 bits per heavy atom. The van der Waals surface area contributed by atoms with Crippen LogP contribution in [-0.4, -0.2) is 77.7 Å².